The number of carbonyl (C=O) groups is 2. The first-order valence-corrected chi connectivity index (χ1v) is 36.6. The van der Waals surface area contributed by atoms with Gasteiger partial charge in [-0.2, -0.15) is 0 Å². The van der Waals surface area contributed by atoms with Gasteiger partial charge in [-0.25, -0.2) is 0 Å². The Labute approximate surface area is 501 Å². The average Bonchev–Trinajstić information content (AvgIpc) is 3.46. The third-order valence-corrected chi connectivity index (χ3v) is 17.2. The van der Waals surface area contributed by atoms with Crippen molar-refractivity contribution in [2.75, 3.05) is 13.2 Å². The van der Waals surface area contributed by atoms with E-state index in [1.54, 1.807) is 6.08 Å². The molecule has 0 aromatic rings. The molecule has 6 heteroatoms. The van der Waals surface area contributed by atoms with E-state index in [9.17, 15) is 19.8 Å². The SMILES string of the molecule is CCCCCCCC/C=C\CCCCCCCCCCCC(=O)OCCCCCCCCCCCCCCCCCCCCCCCCCCC(=O)NC(CO)C(O)/C=C/CCCCCCCCCCCCCCCCCCCC. The Morgan fingerprint density at radius 3 is 0.887 bits per heavy atom. The van der Waals surface area contributed by atoms with E-state index >= 15 is 0 Å². The van der Waals surface area contributed by atoms with Gasteiger partial charge >= 0.3 is 5.97 Å². The number of hydrogen-bond acceptors (Lipinski definition) is 5. The summed E-state index contributed by atoms with van der Waals surface area (Å²) in [5.41, 5.74) is 0. The van der Waals surface area contributed by atoms with Crippen molar-refractivity contribution in [3.8, 4) is 0 Å². The van der Waals surface area contributed by atoms with Crippen LogP contribution in [0.5, 0.6) is 0 Å². The van der Waals surface area contributed by atoms with Crippen LogP contribution in [0.4, 0.5) is 0 Å². The smallest absolute Gasteiger partial charge is 0.305 e. The molecule has 0 saturated heterocycles. The molecule has 0 bridgehead atoms. The molecule has 0 saturated carbocycles. The fourth-order valence-electron chi connectivity index (χ4n) is 11.6. The minimum absolute atomic E-state index is 0.0155. The largest absolute Gasteiger partial charge is 0.466 e. The van der Waals surface area contributed by atoms with Gasteiger partial charge in [0.05, 0.1) is 25.4 Å². The van der Waals surface area contributed by atoms with E-state index in [2.05, 4.69) is 31.3 Å². The van der Waals surface area contributed by atoms with Crippen molar-refractivity contribution in [3.63, 3.8) is 0 Å². The van der Waals surface area contributed by atoms with Gasteiger partial charge in [0, 0.05) is 12.8 Å². The molecule has 0 spiro atoms. The number of rotatable bonds is 69. The summed E-state index contributed by atoms with van der Waals surface area (Å²) in [5.74, 6) is -0.0471. The highest BCUT2D eigenvalue weighted by Crippen LogP contribution is 2.19. The number of aliphatic hydroxyl groups excluding tert-OH is 2. The molecule has 0 fully saturated rings. The summed E-state index contributed by atoms with van der Waals surface area (Å²) in [6, 6.07) is -0.628. The Bertz CT molecular complexity index is 1250. The molecule has 0 heterocycles. The summed E-state index contributed by atoms with van der Waals surface area (Å²) in [4.78, 5) is 24.6. The second kappa shape index (κ2) is 69.8. The molecule has 2 unspecified atom stereocenters. The van der Waals surface area contributed by atoms with Crippen LogP contribution in [-0.2, 0) is 14.3 Å². The number of esters is 1. The van der Waals surface area contributed by atoms with E-state index < -0.39 is 12.1 Å². The molecular weight excluding hydrogens is 983 g/mol. The average molecular weight is 1130 g/mol. The molecule has 0 aliphatic rings. The first-order chi connectivity index (χ1) is 39.5. The second-order valence-electron chi connectivity index (χ2n) is 25.3. The lowest BCUT2D eigenvalue weighted by atomic mass is 10.0. The zero-order chi connectivity index (χ0) is 57.8. The van der Waals surface area contributed by atoms with Gasteiger partial charge in [-0.1, -0.05) is 366 Å². The highest BCUT2D eigenvalue weighted by atomic mass is 16.5. The maximum Gasteiger partial charge on any atom is 0.305 e. The molecule has 0 aromatic heterocycles. The summed E-state index contributed by atoms with van der Waals surface area (Å²) in [6.07, 6.45) is 88.3. The van der Waals surface area contributed by atoms with Gasteiger partial charge in [0.1, 0.15) is 0 Å². The molecule has 1 amide bonds. The van der Waals surface area contributed by atoms with Crippen molar-refractivity contribution >= 4 is 11.9 Å². The summed E-state index contributed by atoms with van der Waals surface area (Å²) in [5, 5.41) is 23.3. The summed E-state index contributed by atoms with van der Waals surface area (Å²) < 4.78 is 5.51. The van der Waals surface area contributed by atoms with Crippen LogP contribution in [0.3, 0.4) is 0 Å². The second-order valence-corrected chi connectivity index (χ2v) is 25.3. The Kier molecular flexibility index (Phi) is 68.4. The van der Waals surface area contributed by atoms with Crippen molar-refractivity contribution in [1.82, 2.24) is 5.32 Å². The number of nitrogens with one attached hydrogen (secondary N) is 1. The quantitative estimate of drug-likeness (QED) is 0.0320. The van der Waals surface area contributed by atoms with E-state index in [0.717, 1.165) is 38.5 Å². The molecule has 0 aliphatic carbocycles. The van der Waals surface area contributed by atoms with Crippen LogP contribution in [0.1, 0.15) is 412 Å². The van der Waals surface area contributed by atoms with E-state index in [-0.39, 0.29) is 18.5 Å². The van der Waals surface area contributed by atoms with Crippen molar-refractivity contribution in [3.05, 3.63) is 24.3 Å². The lowest BCUT2D eigenvalue weighted by Gasteiger charge is -2.20. The molecule has 80 heavy (non-hydrogen) atoms. The van der Waals surface area contributed by atoms with Gasteiger partial charge in [-0.05, 0) is 57.8 Å². The summed E-state index contributed by atoms with van der Waals surface area (Å²) in [6.45, 7) is 4.94. The van der Waals surface area contributed by atoms with Gasteiger partial charge < -0.3 is 20.3 Å². The third-order valence-electron chi connectivity index (χ3n) is 17.2. The van der Waals surface area contributed by atoms with Gasteiger partial charge in [0.25, 0.3) is 0 Å². The highest BCUT2D eigenvalue weighted by Gasteiger charge is 2.18. The summed E-state index contributed by atoms with van der Waals surface area (Å²) in [7, 11) is 0. The summed E-state index contributed by atoms with van der Waals surface area (Å²) >= 11 is 0. The van der Waals surface area contributed by atoms with Gasteiger partial charge in [-0.15, -0.1) is 0 Å². The first kappa shape index (κ1) is 78.3. The lowest BCUT2D eigenvalue weighted by molar-refractivity contribution is -0.143. The maximum absolute atomic E-state index is 12.5. The van der Waals surface area contributed by atoms with Crippen LogP contribution < -0.4 is 5.32 Å². The van der Waals surface area contributed by atoms with Crippen molar-refractivity contribution in [1.29, 1.82) is 0 Å². The lowest BCUT2D eigenvalue weighted by Crippen LogP contribution is -2.45. The molecule has 6 nitrogen and oxygen atoms in total. The fourth-order valence-corrected chi connectivity index (χ4v) is 11.6. The number of carbonyl (C=O) groups excluding carboxylic acids is 2. The number of aliphatic hydroxyl groups is 2. The van der Waals surface area contributed by atoms with E-state index in [1.807, 2.05) is 6.08 Å². The zero-order valence-electron chi connectivity index (χ0n) is 54.3. The molecule has 0 rings (SSSR count). The van der Waals surface area contributed by atoms with E-state index in [0.29, 0.717) is 19.4 Å². The van der Waals surface area contributed by atoms with Crippen LogP contribution >= 0.6 is 0 Å². The normalized spacial score (nSPS) is 12.6. The first-order valence-electron chi connectivity index (χ1n) is 36.6. The van der Waals surface area contributed by atoms with Crippen molar-refractivity contribution in [2.45, 2.75) is 424 Å². The van der Waals surface area contributed by atoms with Crippen LogP contribution in [0.15, 0.2) is 24.3 Å². The predicted molar refractivity (Wildman–Crippen MR) is 352 cm³/mol. The number of allylic oxidation sites excluding steroid dienone is 3. The van der Waals surface area contributed by atoms with Crippen LogP contribution in [0.2, 0.25) is 0 Å². The Morgan fingerprint density at radius 2 is 0.588 bits per heavy atom. The molecular formula is C74H143NO5. The molecule has 0 aromatic carbocycles. The highest BCUT2D eigenvalue weighted by molar-refractivity contribution is 5.76. The van der Waals surface area contributed by atoms with Gasteiger partial charge in [0.2, 0.25) is 5.91 Å². The van der Waals surface area contributed by atoms with Crippen molar-refractivity contribution in [2.24, 2.45) is 0 Å². The maximum atomic E-state index is 12.5. The van der Waals surface area contributed by atoms with Crippen LogP contribution in [-0.4, -0.2) is 47.4 Å². The fraction of sp³-hybridized carbons (Fsp3) is 0.919. The Morgan fingerprint density at radius 1 is 0.338 bits per heavy atom. The van der Waals surface area contributed by atoms with Gasteiger partial charge in [-0.3, -0.25) is 9.59 Å². The van der Waals surface area contributed by atoms with E-state index in [1.165, 1.54) is 347 Å². The van der Waals surface area contributed by atoms with Crippen LogP contribution in [0.25, 0.3) is 0 Å². The van der Waals surface area contributed by atoms with Crippen molar-refractivity contribution < 1.29 is 24.5 Å². The molecule has 0 radical (unpaired) electrons. The Balaban J connectivity index is 3.37. The molecule has 3 N–H and O–H groups in total. The number of hydrogen-bond donors (Lipinski definition) is 3. The van der Waals surface area contributed by atoms with E-state index in [4.69, 9.17) is 4.74 Å². The molecule has 2 atom stereocenters. The number of amides is 1. The Hall–Kier alpha value is -1.66. The monoisotopic (exact) mass is 1130 g/mol. The number of unbranched alkanes of at least 4 members (excludes halogenated alkanes) is 56. The topological polar surface area (TPSA) is 95.9 Å². The minimum Gasteiger partial charge on any atom is -0.466 e. The minimum atomic E-state index is -0.844. The molecule has 0 aliphatic heterocycles. The standard InChI is InChI=1S/C74H143NO5/c1-3-5-7-9-11-13-15-17-19-21-23-31-34-38-42-46-50-54-58-62-66-72(77)71(70-76)75-73(78)67-63-59-55-51-47-43-39-35-32-28-26-24-25-27-29-33-37-41-45-49-53-57-61-65-69-80-74(79)68-64-60-56-52-48-44-40-36-30-22-20-18-16-14-12-10-8-6-4-2/h18,20,62,66,71-72,76-77H,3-17,19,21-61,63-65,67-70H2,1-2H3,(H,75,78)/b20-18-,66-62+. The number of ether oxygens (including phenoxy) is 1. The van der Waals surface area contributed by atoms with Crippen LogP contribution in [0, 0.1) is 0 Å². The van der Waals surface area contributed by atoms with Gasteiger partial charge in [0.15, 0.2) is 0 Å². The third kappa shape index (κ3) is 65.5. The predicted octanol–water partition coefficient (Wildman–Crippen LogP) is 23.7. The molecule has 474 valence electrons. The zero-order valence-corrected chi connectivity index (χ0v) is 54.3.